The molecule has 3 amide bonds. The summed E-state index contributed by atoms with van der Waals surface area (Å²) in [6, 6.07) is 5.22. The van der Waals surface area contributed by atoms with E-state index in [1.807, 2.05) is 0 Å². The summed E-state index contributed by atoms with van der Waals surface area (Å²) in [5.74, 6) is -1.92. The highest BCUT2D eigenvalue weighted by Gasteiger charge is 2.30. The maximum atomic E-state index is 12.3. The molecule has 0 radical (unpaired) electrons. The number of likely N-dealkylation sites (tertiary alicyclic amines) is 1. The third-order valence-electron chi connectivity index (χ3n) is 3.91. The van der Waals surface area contributed by atoms with Gasteiger partial charge in [-0.3, -0.25) is 24.1 Å². The van der Waals surface area contributed by atoms with Gasteiger partial charge in [0.15, 0.2) is 4.80 Å². The number of fused-ring (bicyclic) bond motifs is 1. The van der Waals surface area contributed by atoms with Crippen molar-refractivity contribution in [2.45, 2.75) is 26.3 Å². The zero-order valence-corrected chi connectivity index (χ0v) is 16.0. The Hall–Kier alpha value is -2.52. The van der Waals surface area contributed by atoms with Gasteiger partial charge in [0.1, 0.15) is 13.1 Å². The van der Waals surface area contributed by atoms with Gasteiger partial charge < -0.3 is 9.30 Å². The van der Waals surface area contributed by atoms with E-state index in [-0.39, 0.29) is 42.6 Å². The number of ether oxygens (including phenoxy) is 1. The number of hydrogen-bond donors (Lipinski definition) is 0. The van der Waals surface area contributed by atoms with Crippen LogP contribution in [0.3, 0.4) is 0 Å². The van der Waals surface area contributed by atoms with Crippen LogP contribution in [-0.4, -0.2) is 46.3 Å². The van der Waals surface area contributed by atoms with Gasteiger partial charge in [0, 0.05) is 12.8 Å². The summed E-state index contributed by atoms with van der Waals surface area (Å²) in [5, 5.41) is 0.409. The molecule has 0 atom stereocenters. The number of benzene rings is 1. The Balaban J connectivity index is 1.99. The number of para-hydroxylation sites is 1. The first-order chi connectivity index (χ1) is 12.9. The number of esters is 1. The molecular formula is C17H16ClN3O5S. The lowest BCUT2D eigenvalue weighted by Gasteiger charge is -2.10. The summed E-state index contributed by atoms with van der Waals surface area (Å²) in [7, 11) is 0. The fourth-order valence-corrected chi connectivity index (χ4v) is 4.14. The number of amides is 3. The average molecular weight is 410 g/mol. The number of rotatable bonds is 5. The van der Waals surface area contributed by atoms with Crippen molar-refractivity contribution < 1.29 is 23.9 Å². The molecule has 1 aliphatic heterocycles. The summed E-state index contributed by atoms with van der Waals surface area (Å²) in [6.07, 6.45) is 0.209. The molecule has 0 aliphatic carbocycles. The average Bonchev–Trinajstić information content (AvgIpc) is 3.10. The van der Waals surface area contributed by atoms with Crippen LogP contribution in [-0.2, 0) is 30.5 Å². The van der Waals surface area contributed by atoms with E-state index >= 15 is 0 Å². The van der Waals surface area contributed by atoms with Crippen molar-refractivity contribution in [1.82, 2.24) is 9.47 Å². The van der Waals surface area contributed by atoms with Crippen LogP contribution < -0.4 is 4.80 Å². The predicted octanol–water partition coefficient (Wildman–Crippen LogP) is 1.50. The summed E-state index contributed by atoms with van der Waals surface area (Å²) in [4.78, 5) is 52.8. The number of hydrogen-bond acceptors (Lipinski definition) is 6. The van der Waals surface area contributed by atoms with Crippen molar-refractivity contribution in [3.8, 4) is 0 Å². The van der Waals surface area contributed by atoms with E-state index in [0.29, 0.717) is 10.5 Å². The Bertz CT molecular complexity index is 994. The van der Waals surface area contributed by atoms with Crippen molar-refractivity contribution >= 4 is 56.8 Å². The number of aromatic nitrogens is 1. The van der Waals surface area contributed by atoms with Gasteiger partial charge in [-0.25, -0.2) is 0 Å². The molecule has 8 nitrogen and oxygen atoms in total. The Kier molecular flexibility index (Phi) is 5.71. The molecular weight excluding hydrogens is 394 g/mol. The number of carbonyl (C=O) groups excluding carboxylic acids is 4. The topological polar surface area (TPSA) is 98.0 Å². The second kappa shape index (κ2) is 8.01. The molecule has 1 saturated heterocycles. The van der Waals surface area contributed by atoms with E-state index in [4.69, 9.17) is 16.3 Å². The molecule has 142 valence electrons. The fraction of sp³-hybridized carbons (Fsp3) is 0.353. The Morgan fingerprint density at radius 1 is 1.22 bits per heavy atom. The number of nitrogens with zero attached hydrogens (tertiary/aromatic N) is 3. The highest BCUT2D eigenvalue weighted by molar-refractivity contribution is 7.16. The molecule has 2 aromatic rings. The first kappa shape index (κ1) is 19.2. The second-order valence-corrected chi connectivity index (χ2v) is 7.16. The minimum atomic E-state index is -0.654. The molecule has 0 spiro atoms. The van der Waals surface area contributed by atoms with E-state index in [9.17, 15) is 19.2 Å². The first-order valence-corrected chi connectivity index (χ1v) is 9.44. The van der Waals surface area contributed by atoms with E-state index in [2.05, 4.69) is 4.99 Å². The van der Waals surface area contributed by atoms with Gasteiger partial charge >= 0.3 is 5.97 Å². The molecule has 0 N–H and O–H groups in total. The van der Waals surface area contributed by atoms with Crippen molar-refractivity contribution in [2.24, 2.45) is 4.99 Å². The van der Waals surface area contributed by atoms with Crippen molar-refractivity contribution in [1.29, 1.82) is 0 Å². The fourth-order valence-electron chi connectivity index (χ4n) is 2.73. The van der Waals surface area contributed by atoms with Crippen LogP contribution in [0, 0.1) is 0 Å². The molecule has 0 unspecified atom stereocenters. The molecule has 3 rings (SSSR count). The molecule has 1 aromatic carbocycles. The Morgan fingerprint density at radius 3 is 2.59 bits per heavy atom. The van der Waals surface area contributed by atoms with Crippen LogP contribution in [0.15, 0.2) is 23.2 Å². The third kappa shape index (κ3) is 4.09. The number of imide groups is 1. The largest absolute Gasteiger partial charge is 0.465 e. The van der Waals surface area contributed by atoms with Gasteiger partial charge in [0.05, 0.1) is 21.8 Å². The van der Waals surface area contributed by atoms with Gasteiger partial charge in [-0.2, -0.15) is 4.99 Å². The van der Waals surface area contributed by atoms with Crippen molar-refractivity contribution in [3.63, 3.8) is 0 Å². The Labute approximate surface area is 163 Å². The SMILES string of the molecule is CCOC(=O)Cn1c(=NC(=O)CN2C(=O)CCC2=O)sc2cccc(Cl)c21. The van der Waals surface area contributed by atoms with E-state index in [1.54, 1.807) is 25.1 Å². The third-order valence-corrected chi connectivity index (χ3v) is 5.26. The molecule has 0 bridgehead atoms. The number of thiazole rings is 1. The first-order valence-electron chi connectivity index (χ1n) is 8.25. The highest BCUT2D eigenvalue weighted by Crippen LogP contribution is 2.25. The zero-order valence-electron chi connectivity index (χ0n) is 14.4. The predicted molar refractivity (Wildman–Crippen MR) is 98.0 cm³/mol. The minimum Gasteiger partial charge on any atom is -0.465 e. The zero-order chi connectivity index (χ0) is 19.6. The van der Waals surface area contributed by atoms with Crippen LogP contribution in [0.4, 0.5) is 0 Å². The smallest absolute Gasteiger partial charge is 0.326 e. The molecule has 2 heterocycles. The van der Waals surface area contributed by atoms with E-state index in [0.717, 1.165) is 9.60 Å². The van der Waals surface area contributed by atoms with Gasteiger partial charge in [0.25, 0.3) is 5.91 Å². The van der Waals surface area contributed by atoms with Gasteiger partial charge in [-0.1, -0.05) is 29.0 Å². The second-order valence-electron chi connectivity index (χ2n) is 5.74. The summed E-state index contributed by atoms with van der Waals surface area (Å²) in [6.45, 7) is 1.34. The quantitative estimate of drug-likeness (QED) is 0.550. The molecule has 1 aliphatic rings. The van der Waals surface area contributed by atoms with Crippen LogP contribution in [0.5, 0.6) is 0 Å². The normalized spacial score (nSPS) is 15.0. The highest BCUT2D eigenvalue weighted by atomic mass is 35.5. The van der Waals surface area contributed by atoms with Crippen LogP contribution in [0.25, 0.3) is 10.2 Å². The maximum Gasteiger partial charge on any atom is 0.326 e. The summed E-state index contributed by atoms with van der Waals surface area (Å²) in [5.41, 5.74) is 0.567. The lowest BCUT2D eigenvalue weighted by molar-refractivity contribution is -0.144. The minimum absolute atomic E-state index is 0.105. The van der Waals surface area contributed by atoms with Crippen LogP contribution in [0.1, 0.15) is 19.8 Å². The van der Waals surface area contributed by atoms with Crippen LogP contribution >= 0.6 is 22.9 Å². The van der Waals surface area contributed by atoms with Gasteiger partial charge in [-0.05, 0) is 19.1 Å². The molecule has 0 saturated carbocycles. The summed E-state index contributed by atoms with van der Waals surface area (Å²) < 4.78 is 7.23. The Morgan fingerprint density at radius 2 is 1.93 bits per heavy atom. The van der Waals surface area contributed by atoms with Crippen molar-refractivity contribution in [3.05, 3.63) is 28.0 Å². The van der Waals surface area contributed by atoms with Gasteiger partial charge in [0.2, 0.25) is 11.8 Å². The van der Waals surface area contributed by atoms with Crippen molar-refractivity contribution in [2.75, 3.05) is 13.2 Å². The maximum absolute atomic E-state index is 12.3. The monoisotopic (exact) mass is 409 g/mol. The summed E-state index contributed by atoms with van der Waals surface area (Å²) >= 11 is 7.44. The standard InChI is InChI=1S/C17H16ClN3O5S/c1-2-26-15(25)9-21-16-10(18)4-3-5-11(16)27-17(21)19-12(22)8-20-13(23)6-7-14(20)24/h3-5H,2,6-9H2,1H3. The van der Waals surface area contributed by atoms with Gasteiger partial charge in [-0.15, -0.1) is 0 Å². The lowest BCUT2D eigenvalue weighted by Crippen LogP contribution is -2.34. The van der Waals surface area contributed by atoms with Crippen LogP contribution in [0.2, 0.25) is 5.02 Å². The number of halogens is 1. The molecule has 27 heavy (non-hydrogen) atoms. The molecule has 1 aromatic heterocycles. The van der Waals surface area contributed by atoms with E-state index in [1.165, 1.54) is 15.9 Å². The molecule has 10 heteroatoms. The lowest BCUT2D eigenvalue weighted by atomic mass is 10.3. The number of carbonyl (C=O) groups is 4. The molecule has 1 fully saturated rings. The van der Waals surface area contributed by atoms with E-state index < -0.39 is 18.4 Å².